The lowest BCUT2D eigenvalue weighted by Crippen LogP contribution is -2.33. The fourth-order valence-corrected chi connectivity index (χ4v) is 2.88. The molecular formula is C13H19N3O2S. The molecule has 0 fully saturated rings. The largest absolute Gasteiger partial charge is 0.480 e. The van der Waals surface area contributed by atoms with Crippen LogP contribution in [0.4, 0.5) is 0 Å². The maximum atomic E-state index is 5.39. The average Bonchev–Trinajstić information content (AvgIpc) is 2.48. The summed E-state index contributed by atoms with van der Waals surface area (Å²) in [5, 5.41) is 3.39. The van der Waals surface area contributed by atoms with E-state index in [-0.39, 0.29) is 6.23 Å². The van der Waals surface area contributed by atoms with Crippen molar-refractivity contribution in [3.63, 3.8) is 0 Å². The van der Waals surface area contributed by atoms with Gasteiger partial charge in [-0.3, -0.25) is 0 Å². The molecule has 1 aromatic rings. The quantitative estimate of drug-likeness (QED) is 0.893. The number of nitrogens with one attached hydrogen (secondary N) is 1. The Morgan fingerprint density at radius 3 is 2.79 bits per heavy atom. The van der Waals surface area contributed by atoms with Gasteiger partial charge in [0.05, 0.1) is 25.2 Å². The minimum Gasteiger partial charge on any atom is -0.480 e. The maximum Gasteiger partial charge on any atom is 0.232 e. The third-order valence-corrected chi connectivity index (χ3v) is 3.96. The Labute approximate surface area is 117 Å². The molecule has 0 saturated heterocycles. The summed E-state index contributed by atoms with van der Waals surface area (Å²) < 4.78 is 10.4. The second-order valence-electron chi connectivity index (χ2n) is 4.08. The summed E-state index contributed by atoms with van der Waals surface area (Å²) in [6.07, 6.45) is 5.39. The molecule has 104 valence electrons. The number of nitrogens with zero attached hydrogens (tertiary/aromatic N) is 2. The summed E-state index contributed by atoms with van der Waals surface area (Å²) in [4.78, 5) is 9.92. The van der Waals surface area contributed by atoms with Crippen LogP contribution < -0.4 is 10.1 Å². The summed E-state index contributed by atoms with van der Waals surface area (Å²) in [6, 6.07) is 0. The smallest absolute Gasteiger partial charge is 0.232 e. The van der Waals surface area contributed by atoms with Crippen LogP contribution in [0.1, 0.15) is 25.5 Å². The normalized spacial score (nSPS) is 19.2. The lowest BCUT2D eigenvalue weighted by atomic mass is 10.1. The van der Waals surface area contributed by atoms with Gasteiger partial charge in [-0.25, -0.2) is 9.97 Å². The van der Waals surface area contributed by atoms with E-state index in [1.165, 1.54) is 4.91 Å². The first kappa shape index (κ1) is 14.1. The lowest BCUT2D eigenvalue weighted by molar-refractivity contribution is 0.0783. The van der Waals surface area contributed by atoms with Crippen LogP contribution in [-0.4, -0.2) is 36.2 Å². The number of thioether (sulfide) groups is 1. The Balaban J connectivity index is 2.28. The van der Waals surface area contributed by atoms with Crippen molar-refractivity contribution in [2.45, 2.75) is 26.0 Å². The highest BCUT2D eigenvalue weighted by atomic mass is 32.2. The van der Waals surface area contributed by atoms with E-state index in [0.717, 1.165) is 30.0 Å². The summed E-state index contributed by atoms with van der Waals surface area (Å²) in [6.45, 7) is 2.15. The number of hydrogen-bond acceptors (Lipinski definition) is 6. The molecule has 0 spiro atoms. The Hall–Kier alpha value is -1.27. The molecule has 1 aliphatic rings. The molecule has 1 aromatic heterocycles. The van der Waals surface area contributed by atoms with Crippen LogP contribution in [0, 0.1) is 0 Å². The summed E-state index contributed by atoms with van der Waals surface area (Å²) in [7, 11) is 3.30. The van der Waals surface area contributed by atoms with Gasteiger partial charge in [0.25, 0.3) is 0 Å². The number of aromatic nitrogens is 2. The van der Waals surface area contributed by atoms with Crippen LogP contribution in [0.15, 0.2) is 17.3 Å². The van der Waals surface area contributed by atoms with Crippen molar-refractivity contribution in [2.75, 3.05) is 20.0 Å². The minimum atomic E-state index is 0.0418. The summed E-state index contributed by atoms with van der Waals surface area (Å²) in [5.74, 6) is 1.56. The van der Waals surface area contributed by atoms with Crippen LogP contribution in [0.5, 0.6) is 5.88 Å². The van der Waals surface area contributed by atoms with Crippen LogP contribution in [0.25, 0.3) is 5.70 Å². The monoisotopic (exact) mass is 281 g/mol. The number of ether oxygens (including phenoxy) is 2. The second kappa shape index (κ2) is 6.77. The molecule has 0 amide bonds. The number of rotatable bonds is 5. The van der Waals surface area contributed by atoms with Gasteiger partial charge in [-0.05, 0) is 18.6 Å². The molecule has 0 bridgehead atoms. The van der Waals surface area contributed by atoms with Crippen LogP contribution in [0.2, 0.25) is 0 Å². The van der Waals surface area contributed by atoms with Gasteiger partial charge in [-0.1, -0.05) is 6.92 Å². The Morgan fingerprint density at radius 2 is 2.21 bits per heavy atom. The minimum absolute atomic E-state index is 0.0418. The van der Waals surface area contributed by atoms with Gasteiger partial charge in [-0.15, -0.1) is 11.8 Å². The predicted octanol–water partition coefficient (Wildman–Crippen LogP) is 2.26. The maximum absolute atomic E-state index is 5.39. The number of methoxy groups -OCH3 is 2. The molecule has 5 nitrogen and oxygen atoms in total. The van der Waals surface area contributed by atoms with E-state index in [1.807, 2.05) is 11.8 Å². The van der Waals surface area contributed by atoms with E-state index in [9.17, 15) is 0 Å². The van der Waals surface area contributed by atoms with Crippen molar-refractivity contribution in [3.8, 4) is 5.88 Å². The van der Waals surface area contributed by atoms with Crippen molar-refractivity contribution >= 4 is 17.5 Å². The first-order valence-electron chi connectivity index (χ1n) is 6.30. The van der Waals surface area contributed by atoms with Gasteiger partial charge in [0.2, 0.25) is 5.88 Å². The highest BCUT2D eigenvalue weighted by molar-refractivity contribution is 8.03. The molecule has 0 aromatic carbocycles. The molecule has 1 unspecified atom stereocenters. The van der Waals surface area contributed by atoms with E-state index in [0.29, 0.717) is 5.88 Å². The highest BCUT2D eigenvalue weighted by Crippen LogP contribution is 2.32. The molecule has 1 aliphatic heterocycles. The van der Waals surface area contributed by atoms with E-state index >= 15 is 0 Å². The fraction of sp³-hybridized carbons (Fsp3) is 0.538. The zero-order valence-corrected chi connectivity index (χ0v) is 12.3. The van der Waals surface area contributed by atoms with E-state index < -0.39 is 0 Å². The Bertz CT molecular complexity index is 448. The third kappa shape index (κ3) is 3.39. The fourth-order valence-electron chi connectivity index (χ4n) is 1.96. The molecule has 1 N–H and O–H groups in total. The Morgan fingerprint density at radius 1 is 1.37 bits per heavy atom. The second-order valence-corrected chi connectivity index (χ2v) is 5.44. The van der Waals surface area contributed by atoms with Gasteiger partial charge in [0.1, 0.15) is 11.9 Å². The SMILES string of the molecule is CCSC1=C(c2cnc(OC)cn2)NC(OC)CC1. The third-order valence-electron chi connectivity index (χ3n) is 2.91. The van der Waals surface area contributed by atoms with Gasteiger partial charge >= 0.3 is 0 Å². The van der Waals surface area contributed by atoms with Crippen molar-refractivity contribution in [2.24, 2.45) is 0 Å². The molecule has 0 aliphatic carbocycles. The Kier molecular flexibility index (Phi) is 5.04. The lowest BCUT2D eigenvalue weighted by Gasteiger charge is -2.27. The van der Waals surface area contributed by atoms with E-state index in [4.69, 9.17) is 9.47 Å². The molecule has 1 atom stereocenters. The van der Waals surface area contributed by atoms with E-state index in [2.05, 4.69) is 22.2 Å². The van der Waals surface area contributed by atoms with Crippen LogP contribution in [0.3, 0.4) is 0 Å². The predicted molar refractivity (Wildman–Crippen MR) is 76.8 cm³/mol. The standard InChI is InChI=1S/C13H19N3O2S/c1-4-19-10-5-6-11(17-2)16-13(10)9-7-15-12(18-3)8-14-9/h7-8,11,16H,4-6H2,1-3H3. The molecule has 19 heavy (non-hydrogen) atoms. The molecule has 6 heteroatoms. The molecule has 2 heterocycles. The highest BCUT2D eigenvalue weighted by Gasteiger charge is 2.22. The van der Waals surface area contributed by atoms with Crippen molar-refractivity contribution < 1.29 is 9.47 Å². The summed E-state index contributed by atoms with van der Waals surface area (Å²) >= 11 is 1.84. The first-order valence-corrected chi connectivity index (χ1v) is 7.28. The molecular weight excluding hydrogens is 262 g/mol. The van der Waals surface area contributed by atoms with Gasteiger partial charge < -0.3 is 14.8 Å². The zero-order valence-electron chi connectivity index (χ0n) is 11.5. The van der Waals surface area contributed by atoms with Crippen LogP contribution >= 0.6 is 11.8 Å². The zero-order chi connectivity index (χ0) is 13.7. The molecule has 0 radical (unpaired) electrons. The average molecular weight is 281 g/mol. The van der Waals surface area contributed by atoms with Gasteiger partial charge in [-0.2, -0.15) is 0 Å². The molecule has 0 saturated carbocycles. The topological polar surface area (TPSA) is 56.3 Å². The van der Waals surface area contributed by atoms with Gasteiger partial charge in [0, 0.05) is 12.0 Å². The van der Waals surface area contributed by atoms with E-state index in [1.54, 1.807) is 26.6 Å². The molecule has 2 rings (SSSR count). The van der Waals surface area contributed by atoms with Crippen LogP contribution in [-0.2, 0) is 4.74 Å². The summed E-state index contributed by atoms with van der Waals surface area (Å²) in [5.41, 5.74) is 1.86. The first-order chi connectivity index (χ1) is 9.28. The number of allylic oxidation sites excluding steroid dienone is 1. The van der Waals surface area contributed by atoms with Gasteiger partial charge in [0.15, 0.2) is 0 Å². The number of hydrogen-bond donors (Lipinski definition) is 1. The van der Waals surface area contributed by atoms with Crippen molar-refractivity contribution in [3.05, 3.63) is 23.0 Å². The van der Waals surface area contributed by atoms with Crippen molar-refractivity contribution in [1.29, 1.82) is 0 Å². The van der Waals surface area contributed by atoms with Crippen molar-refractivity contribution in [1.82, 2.24) is 15.3 Å².